The highest BCUT2D eigenvalue weighted by Gasteiger charge is 2.14. The largest absolute Gasteiger partial charge is 0.496 e. The van der Waals surface area contributed by atoms with E-state index < -0.39 is 0 Å². The Hall–Kier alpha value is -2.31. The lowest BCUT2D eigenvalue weighted by Gasteiger charge is -2.17. The summed E-state index contributed by atoms with van der Waals surface area (Å²) >= 11 is 5.98. The maximum atomic E-state index is 12.9. The number of nitrogen functional groups attached to an aromatic ring is 1. The van der Waals surface area contributed by atoms with Crippen molar-refractivity contribution in [2.75, 3.05) is 33.0 Å². The van der Waals surface area contributed by atoms with Crippen LogP contribution < -0.4 is 15.8 Å². The Bertz CT molecular complexity index is 738. The Balaban J connectivity index is 1.88. The van der Waals surface area contributed by atoms with Crippen LogP contribution in [0.3, 0.4) is 0 Å². The lowest BCUT2D eigenvalue weighted by atomic mass is 10.1. The molecule has 1 amide bonds. The van der Waals surface area contributed by atoms with Crippen molar-refractivity contribution in [2.24, 2.45) is 0 Å². The molecule has 0 fully saturated rings. The van der Waals surface area contributed by atoms with Crippen LogP contribution in [0.5, 0.6) is 5.75 Å². The minimum Gasteiger partial charge on any atom is -0.496 e. The van der Waals surface area contributed by atoms with Gasteiger partial charge in [0, 0.05) is 25.7 Å². The van der Waals surface area contributed by atoms with Gasteiger partial charge in [0.15, 0.2) is 0 Å². The smallest absolute Gasteiger partial charge is 0.255 e. The van der Waals surface area contributed by atoms with Crippen LogP contribution >= 0.6 is 11.6 Å². The zero-order chi connectivity index (χ0) is 18.4. The molecule has 2 aromatic rings. The third kappa shape index (κ3) is 5.34. The average molecular weight is 366 g/mol. The van der Waals surface area contributed by atoms with Gasteiger partial charge in [0.25, 0.3) is 5.91 Å². The summed E-state index contributed by atoms with van der Waals surface area (Å²) in [6.07, 6.45) is 0. The molecule has 0 saturated carbocycles. The number of halogens is 2. The molecule has 0 aliphatic carbocycles. The van der Waals surface area contributed by atoms with Crippen LogP contribution in [0.15, 0.2) is 36.4 Å². The number of nitrogens with two attached hydrogens (primary N) is 1. The van der Waals surface area contributed by atoms with Crippen LogP contribution in [0.1, 0.15) is 15.9 Å². The lowest BCUT2D eigenvalue weighted by molar-refractivity contribution is 0.0946. The van der Waals surface area contributed by atoms with Crippen molar-refractivity contribution in [3.8, 4) is 5.75 Å². The van der Waals surface area contributed by atoms with E-state index in [1.54, 1.807) is 12.1 Å². The fourth-order valence-corrected chi connectivity index (χ4v) is 2.52. The van der Waals surface area contributed by atoms with Crippen LogP contribution in [0.2, 0.25) is 5.02 Å². The van der Waals surface area contributed by atoms with Crippen LogP contribution in [-0.2, 0) is 6.54 Å². The fourth-order valence-electron chi connectivity index (χ4n) is 2.35. The number of hydrogen-bond acceptors (Lipinski definition) is 4. The van der Waals surface area contributed by atoms with E-state index in [0.717, 1.165) is 5.56 Å². The molecular weight excluding hydrogens is 345 g/mol. The average Bonchev–Trinajstić information content (AvgIpc) is 2.58. The summed E-state index contributed by atoms with van der Waals surface area (Å²) < 4.78 is 18.1. The zero-order valence-corrected chi connectivity index (χ0v) is 14.9. The predicted octanol–water partition coefficient (Wildman–Crippen LogP) is 2.93. The number of carbonyl (C=O) groups excluding carboxylic acids is 1. The summed E-state index contributed by atoms with van der Waals surface area (Å²) in [5.74, 6) is -0.164. The van der Waals surface area contributed by atoms with Crippen molar-refractivity contribution in [3.63, 3.8) is 0 Å². The molecule has 0 unspecified atom stereocenters. The molecule has 0 heterocycles. The van der Waals surface area contributed by atoms with E-state index in [9.17, 15) is 9.18 Å². The molecule has 7 heteroatoms. The first kappa shape index (κ1) is 19.0. The molecule has 0 bridgehead atoms. The molecule has 5 nitrogen and oxygen atoms in total. The monoisotopic (exact) mass is 365 g/mol. The highest BCUT2D eigenvalue weighted by Crippen LogP contribution is 2.28. The fraction of sp³-hybridized carbons (Fsp3) is 0.278. The van der Waals surface area contributed by atoms with Gasteiger partial charge in [0.05, 0.1) is 23.4 Å². The van der Waals surface area contributed by atoms with Crippen LogP contribution in [0, 0.1) is 5.82 Å². The number of nitrogens with zero attached hydrogens (tertiary/aromatic N) is 1. The highest BCUT2D eigenvalue weighted by atomic mass is 35.5. The molecular formula is C18H21ClFN3O2. The minimum atomic E-state index is -0.283. The molecule has 2 rings (SSSR count). The van der Waals surface area contributed by atoms with E-state index in [4.69, 9.17) is 22.1 Å². The molecule has 0 aliphatic rings. The SMILES string of the molecule is COc1cc(N)c(Cl)cc1C(=O)NCCN(C)Cc1ccc(F)cc1. The van der Waals surface area contributed by atoms with E-state index in [-0.39, 0.29) is 11.7 Å². The van der Waals surface area contributed by atoms with Crippen LogP contribution in [0.25, 0.3) is 0 Å². The number of methoxy groups -OCH3 is 1. The van der Waals surface area contributed by atoms with Crippen molar-refractivity contribution < 1.29 is 13.9 Å². The van der Waals surface area contributed by atoms with Gasteiger partial charge in [-0.15, -0.1) is 0 Å². The van der Waals surface area contributed by atoms with Gasteiger partial charge in [-0.25, -0.2) is 4.39 Å². The second kappa shape index (κ2) is 8.69. The van der Waals surface area contributed by atoms with Gasteiger partial charge in [-0.05, 0) is 30.8 Å². The standard InChI is InChI=1S/C18H21ClFN3O2/c1-23(11-12-3-5-13(20)6-4-12)8-7-22-18(24)14-9-15(19)16(21)10-17(14)25-2/h3-6,9-10H,7-8,11,21H2,1-2H3,(H,22,24). The molecule has 0 spiro atoms. The number of likely N-dealkylation sites (N-methyl/N-ethyl adjacent to an activating group) is 1. The number of rotatable bonds is 7. The molecule has 134 valence electrons. The van der Waals surface area contributed by atoms with Gasteiger partial charge in [-0.2, -0.15) is 0 Å². The first-order valence-electron chi connectivity index (χ1n) is 7.75. The summed E-state index contributed by atoms with van der Waals surface area (Å²) in [5, 5.41) is 3.13. The maximum absolute atomic E-state index is 12.9. The molecule has 3 N–H and O–H groups in total. The van der Waals surface area contributed by atoms with Gasteiger partial charge < -0.3 is 20.7 Å². The number of benzene rings is 2. The van der Waals surface area contributed by atoms with Crippen molar-refractivity contribution >= 4 is 23.2 Å². The Morgan fingerprint density at radius 1 is 1.32 bits per heavy atom. The summed E-state index contributed by atoms with van der Waals surface area (Å²) in [7, 11) is 3.39. The van der Waals surface area contributed by atoms with Crippen LogP contribution in [-0.4, -0.2) is 38.1 Å². The molecule has 0 aliphatic heterocycles. The molecule has 0 radical (unpaired) electrons. The third-order valence-corrected chi connectivity index (χ3v) is 4.04. The number of ether oxygens (including phenoxy) is 1. The van der Waals surface area contributed by atoms with Crippen molar-refractivity contribution in [2.45, 2.75) is 6.54 Å². The van der Waals surface area contributed by atoms with E-state index in [1.807, 2.05) is 11.9 Å². The summed E-state index contributed by atoms with van der Waals surface area (Å²) in [6, 6.07) is 9.37. The van der Waals surface area contributed by atoms with Crippen molar-refractivity contribution in [1.29, 1.82) is 0 Å². The van der Waals surface area contributed by atoms with Gasteiger partial charge >= 0.3 is 0 Å². The Morgan fingerprint density at radius 3 is 2.64 bits per heavy atom. The Kier molecular flexibility index (Phi) is 6.61. The quantitative estimate of drug-likeness (QED) is 0.740. The van der Waals surface area contributed by atoms with Gasteiger partial charge in [-0.3, -0.25) is 4.79 Å². The normalized spacial score (nSPS) is 10.8. The van der Waals surface area contributed by atoms with Crippen molar-refractivity contribution in [1.82, 2.24) is 10.2 Å². The van der Waals surface area contributed by atoms with E-state index in [2.05, 4.69) is 5.32 Å². The van der Waals surface area contributed by atoms with Gasteiger partial charge in [0.2, 0.25) is 0 Å². The lowest BCUT2D eigenvalue weighted by Crippen LogP contribution is -2.33. The van der Waals surface area contributed by atoms with Crippen molar-refractivity contribution in [3.05, 3.63) is 58.4 Å². The molecule has 25 heavy (non-hydrogen) atoms. The summed E-state index contributed by atoms with van der Waals surface area (Å²) in [6.45, 7) is 1.74. The second-order valence-electron chi connectivity index (χ2n) is 5.69. The molecule has 2 aromatic carbocycles. The van der Waals surface area contributed by atoms with Crippen LogP contribution in [0.4, 0.5) is 10.1 Å². The zero-order valence-electron chi connectivity index (χ0n) is 14.2. The molecule has 0 atom stereocenters. The minimum absolute atomic E-state index is 0.255. The summed E-state index contributed by atoms with van der Waals surface area (Å²) in [5.41, 5.74) is 7.41. The van der Waals surface area contributed by atoms with Gasteiger partial charge in [0.1, 0.15) is 11.6 Å². The number of hydrogen-bond donors (Lipinski definition) is 2. The Labute approximate surface area is 151 Å². The number of anilines is 1. The summed E-state index contributed by atoms with van der Waals surface area (Å²) in [4.78, 5) is 14.3. The molecule has 0 aromatic heterocycles. The highest BCUT2D eigenvalue weighted by molar-refractivity contribution is 6.33. The van der Waals surface area contributed by atoms with E-state index >= 15 is 0 Å². The number of carbonyl (C=O) groups is 1. The Morgan fingerprint density at radius 2 is 2.00 bits per heavy atom. The number of amides is 1. The van der Waals surface area contributed by atoms with E-state index in [1.165, 1.54) is 31.4 Å². The molecule has 0 saturated heterocycles. The van der Waals surface area contributed by atoms with E-state index in [0.29, 0.717) is 41.7 Å². The second-order valence-corrected chi connectivity index (χ2v) is 6.10. The van der Waals surface area contributed by atoms with Gasteiger partial charge in [-0.1, -0.05) is 23.7 Å². The number of nitrogens with one attached hydrogen (secondary N) is 1. The first-order valence-corrected chi connectivity index (χ1v) is 8.12. The topological polar surface area (TPSA) is 67.6 Å². The predicted molar refractivity (Wildman–Crippen MR) is 97.5 cm³/mol. The maximum Gasteiger partial charge on any atom is 0.255 e. The first-order chi connectivity index (χ1) is 11.9. The third-order valence-electron chi connectivity index (χ3n) is 3.71.